The zero-order chi connectivity index (χ0) is 19.6. The molecule has 0 unspecified atom stereocenters. The highest BCUT2D eigenvalue weighted by Gasteiger charge is 2.31. The van der Waals surface area contributed by atoms with E-state index in [2.05, 4.69) is 30.9 Å². The van der Waals surface area contributed by atoms with Crippen LogP contribution in [0.1, 0.15) is 44.1 Å². The Kier molecular flexibility index (Phi) is 4.67. The molecule has 1 amide bonds. The van der Waals surface area contributed by atoms with Crippen molar-refractivity contribution in [3.63, 3.8) is 0 Å². The van der Waals surface area contributed by atoms with Crippen LogP contribution in [0.4, 0.5) is 17.2 Å². The van der Waals surface area contributed by atoms with Crippen molar-refractivity contribution in [3.05, 3.63) is 42.1 Å². The second-order valence-corrected chi connectivity index (χ2v) is 7.69. The molecule has 2 aliphatic rings. The van der Waals surface area contributed by atoms with Crippen LogP contribution in [0.3, 0.4) is 0 Å². The van der Waals surface area contributed by atoms with Crippen molar-refractivity contribution in [3.8, 4) is 11.4 Å². The summed E-state index contributed by atoms with van der Waals surface area (Å²) < 4.78 is 0. The normalized spacial score (nSPS) is 17.2. The molecule has 5 rings (SSSR count). The number of aryl methyl sites for hydroxylation is 1. The third-order valence-electron chi connectivity index (χ3n) is 5.80. The fourth-order valence-corrected chi connectivity index (χ4v) is 4.33. The number of benzene rings is 1. The van der Waals surface area contributed by atoms with Gasteiger partial charge in [-0.25, -0.2) is 4.98 Å². The Morgan fingerprint density at radius 2 is 1.90 bits per heavy atom. The van der Waals surface area contributed by atoms with Gasteiger partial charge in [0, 0.05) is 36.0 Å². The molecule has 8 nitrogen and oxygen atoms in total. The van der Waals surface area contributed by atoms with Gasteiger partial charge in [-0.05, 0) is 54.3 Å². The first kappa shape index (κ1) is 17.8. The van der Waals surface area contributed by atoms with E-state index in [4.69, 9.17) is 0 Å². The number of nitrogens with one attached hydrogen (secondary N) is 2. The molecule has 0 saturated heterocycles. The average molecular weight is 389 g/mol. The SMILES string of the molecule is O=C1CCc2cnc(Nc3ccc(-c4nn[nH]n4)cc3)cc2N1C1CCCCC1. The highest BCUT2D eigenvalue weighted by Crippen LogP contribution is 2.35. The molecule has 2 aromatic heterocycles. The molecule has 29 heavy (non-hydrogen) atoms. The van der Waals surface area contributed by atoms with Gasteiger partial charge in [-0.1, -0.05) is 19.3 Å². The lowest BCUT2D eigenvalue weighted by Gasteiger charge is -2.38. The third-order valence-corrected chi connectivity index (χ3v) is 5.80. The molecule has 1 aliphatic carbocycles. The van der Waals surface area contributed by atoms with E-state index < -0.39 is 0 Å². The molecular weight excluding hydrogens is 366 g/mol. The number of fused-ring (bicyclic) bond motifs is 1. The Morgan fingerprint density at radius 3 is 2.66 bits per heavy atom. The Labute approximate surface area is 168 Å². The van der Waals surface area contributed by atoms with Crippen molar-refractivity contribution in [2.45, 2.75) is 51.0 Å². The van der Waals surface area contributed by atoms with Gasteiger partial charge in [0.1, 0.15) is 5.82 Å². The molecule has 3 aromatic rings. The van der Waals surface area contributed by atoms with Crippen LogP contribution in [-0.2, 0) is 11.2 Å². The number of aromatic nitrogens is 5. The molecule has 1 saturated carbocycles. The minimum absolute atomic E-state index is 0.242. The van der Waals surface area contributed by atoms with Crippen molar-refractivity contribution in [2.75, 3.05) is 10.2 Å². The van der Waals surface area contributed by atoms with E-state index in [1.165, 1.54) is 19.3 Å². The maximum atomic E-state index is 12.7. The molecule has 2 N–H and O–H groups in total. The lowest BCUT2D eigenvalue weighted by Crippen LogP contribution is -2.44. The highest BCUT2D eigenvalue weighted by molar-refractivity contribution is 5.97. The molecule has 1 aliphatic heterocycles. The van der Waals surface area contributed by atoms with Crippen molar-refractivity contribution in [2.24, 2.45) is 0 Å². The second kappa shape index (κ2) is 7.62. The molecule has 3 heterocycles. The minimum atomic E-state index is 0.242. The molecule has 148 valence electrons. The summed E-state index contributed by atoms with van der Waals surface area (Å²) in [5.41, 5.74) is 3.98. The second-order valence-electron chi connectivity index (χ2n) is 7.69. The van der Waals surface area contributed by atoms with Gasteiger partial charge in [0.2, 0.25) is 11.7 Å². The molecular formula is C21H23N7O. The van der Waals surface area contributed by atoms with E-state index in [1.807, 2.05) is 41.4 Å². The van der Waals surface area contributed by atoms with Gasteiger partial charge in [-0.3, -0.25) is 4.79 Å². The van der Waals surface area contributed by atoms with Gasteiger partial charge >= 0.3 is 0 Å². The fourth-order valence-electron chi connectivity index (χ4n) is 4.33. The van der Waals surface area contributed by atoms with Crippen molar-refractivity contribution < 1.29 is 4.79 Å². The fraction of sp³-hybridized carbons (Fsp3) is 0.381. The smallest absolute Gasteiger partial charge is 0.227 e. The Hall–Kier alpha value is -3.29. The Bertz CT molecular complexity index is 994. The van der Waals surface area contributed by atoms with E-state index in [-0.39, 0.29) is 5.91 Å². The maximum Gasteiger partial charge on any atom is 0.227 e. The first-order valence-electron chi connectivity index (χ1n) is 10.2. The Balaban J connectivity index is 1.39. The van der Waals surface area contributed by atoms with Crippen molar-refractivity contribution in [1.82, 2.24) is 25.6 Å². The number of carbonyl (C=O) groups excluding carboxylic acids is 1. The number of carbonyl (C=O) groups is 1. The molecule has 1 aromatic carbocycles. The van der Waals surface area contributed by atoms with Crippen molar-refractivity contribution >= 4 is 23.1 Å². The van der Waals surface area contributed by atoms with Gasteiger partial charge in [-0.15, -0.1) is 10.2 Å². The first-order valence-corrected chi connectivity index (χ1v) is 10.2. The number of pyridine rings is 1. The van der Waals surface area contributed by atoms with Crippen LogP contribution in [0.25, 0.3) is 11.4 Å². The number of hydrogen-bond acceptors (Lipinski definition) is 6. The number of amides is 1. The minimum Gasteiger partial charge on any atom is -0.340 e. The van der Waals surface area contributed by atoms with Crippen LogP contribution in [0.5, 0.6) is 0 Å². The van der Waals surface area contributed by atoms with Gasteiger partial charge in [0.25, 0.3) is 0 Å². The van der Waals surface area contributed by atoms with E-state index in [0.29, 0.717) is 18.3 Å². The quantitative estimate of drug-likeness (QED) is 0.707. The zero-order valence-corrected chi connectivity index (χ0v) is 16.1. The molecule has 8 heteroatoms. The van der Waals surface area contributed by atoms with Crippen molar-refractivity contribution in [1.29, 1.82) is 0 Å². The van der Waals surface area contributed by atoms with Crippen LogP contribution in [0, 0.1) is 0 Å². The summed E-state index contributed by atoms with van der Waals surface area (Å²) in [6, 6.07) is 10.1. The lowest BCUT2D eigenvalue weighted by atomic mass is 9.91. The summed E-state index contributed by atoms with van der Waals surface area (Å²) in [5, 5.41) is 17.4. The van der Waals surface area contributed by atoms with Gasteiger partial charge < -0.3 is 10.2 Å². The zero-order valence-electron chi connectivity index (χ0n) is 16.1. The van der Waals surface area contributed by atoms with E-state index >= 15 is 0 Å². The summed E-state index contributed by atoms with van der Waals surface area (Å²) >= 11 is 0. The van der Waals surface area contributed by atoms with Crippen LogP contribution in [-0.4, -0.2) is 37.6 Å². The molecule has 0 radical (unpaired) electrons. The predicted octanol–water partition coefficient (Wildman–Crippen LogP) is 3.62. The van der Waals surface area contributed by atoms with Crippen LogP contribution >= 0.6 is 0 Å². The molecule has 0 atom stereocenters. The standard InChI is InChI=1S/C21H23N7O/c29-20-11-8-15-13-22-19(12-18(15)28(20)17-4-2-1-3-5-17)23-16-9-6-14(7-10-16)21-24-26-27-25-21/h6-7,9-10,12-13,17H,1-5,8,11H2,(H,22,23)(H,24,25,26,27). The molecule has 0 spiro atoms. The predicted molar refractivity (Wildman–Crippen MR) is 110 cm³/mol. The van der Waals surface area contributed by atoms with E-state index in [9.17, 15) is 4.79 Å². The summed E-state index contributed by atoms with van der Waals surface area (Å²) in [4.78, 5) is 19.4. The average Bonchev–Trinajstić information content (AvgIpc) is 3.30. The number of tetrazole rings is 1. The lowest BCUT2D eigenvalue weighted by molar-refractivity contribution is -0.119. The van der Waals surface area contributed by atoms with Gasteiger partial charge in [0.05, 0.1) is 5.69 Å². The van der Waals surface area contributed by atoms with Crippen LogP contribution in [0.2, 0.25) is 0 Å². The molecule has 0 bridgehead atoms. The number of anilines is 3. The topological polar surface area (TPSA) is 99.7 Å². The summed E-state index contributed by atoms with van der Waals surface area (Å²) in [6.45, 7) is 0. The summed E-state index contributed by atoms with van der Waals surface area (Å²) in [5.74, 6) is 1.54. The van der Waals surface area contributed by atoms with Crippen LogP contribution < -0.4 is 10.2 Å². The Morgan fingerprint density at radius 1 is 1.07 bits per heavy atom. The maximum absolute atomic E-state index is 12.7. The summed E-state index contributed by atoms with van der Waals surface area (Å²) in [7, 11) is 0. The number of rotatable bonds is 4. The van der Waals surface area contributed by atoms with E-state index in [0.717, 1.165) is 47.6 Å². The summed E-state index contributed by atoms with van der Waals surface area (Å²) in [6.07, 6.45) is 9.11. The van der Waals surface area contributed by atoms with Gasteiger partial charge in [-0.2, -0.15) is 5.21 Å². The van der Waals surface area contributed by atoms with E-state index in [1.54, 1.807) is 0 Å². The molecule has 1 fully saturated rings. The third kappa shape index (κ3) is 3.57. The number of aromatic amines is 1. The largest absolute Gasteiger partial charge is 0.340 e. The highest BCUT2D eigenvalue weighted by atomic mass is 16.2. The monoisotopic (exact) mass is 389 g/mol. The number of H-pyrrole nitrogens is 1. The number of nitrogens with zero attached hydrogens (tertiary/aromatic N) is 5. The first-order chi connectivity index (χ1) is 14.3. The van der Waals surface area contributed by atoms with Gasteiger partial charge in [0.15, 0.2) is 0 Å². The number of hydrogen-bond donors (Lipinski definition) is 2. The van der Waals surface area contributed by atoms with Crippen LogP contribution in [0.15, 0.2) is 36.5 Å².